The molecule has 78 valence electrons. The minimum atomic E-state index is -0.0194. The first kappa shape index (κ1) is 9.65. The Kier molecular flexibility index (Phi) is 2.54. The zero-order valence-electron chi connectivity index (χ0n) is 8.36. The third-order valence-corrected chi connectivity index (χ3v) is 2.98. The first-order valence-corrected chi connectivity index (χ1v) is 5.17. The second-order valence-electron chi connectivity index (χ2n) is 3.94. The molecular weight excluding hydrogens is 182 g/mol. The molecule has 2 heterocycles. The van der Waals surface area contributed by atoms with E-state index in [-0.39, 0.29) is 17.9 Å². The monoisotopic (exact) mass is 197 g/mol. The molecule has 4 nitrogen and oxygen atoms in total. The Hall–Kier alpha value is -0.900. The maximum Gasteiger partial charge on any atom is 0.229 e. The second kappa shape index (κ2) is 3.69. The van der Waals surface area contributed by atoms with Crippen molar-refractivity contribution in [2.24, 2.45) is 5.92 Å². The number of epoxide rings is 1. The zero-order chi connectivity index (χ0) is 10.1. The first-order chi connectivity index (χ1) is 6.72. The van der Waals surface area contributed by atoms with Crippen LogP contribution in [-0.2, 0) is 14.3 Å². The number of carbonyl (C=O) groups is 2. The van der Waals surface area contributed by atoms with Crippen LogP contribution in [-0.4, -0.2) is 36.0 Å². The zero-order valence-corrected chi connectivity index (χ0v) is 8.36. The van der Waals surface area contributed by atoms with Gasteiger partial charge in [-0.2, -0.15) is 0 Å². The Balaban J connectivity index is 1.94. The summed E-state index contributed by atoms with van der Waals surface area (Å²) in [5.74, 6) is 0.296. The molecule has 2 fully saturated rings. The molecule has 0 saturated carbocycles. The number of imide groups is 1. The van der Waals surface area contributed by atoms with Crippen LogP contribution in [0.2, 0.25) is 0 Å². The van der Waals surface area contributed by atoms with Gasteiger partial charge in [0.25, 0.3) is 0 Å². The van der Waals surface area contributed by atoms with Crippen molar-refractivity contribution in [3.63, 3.8) is 0 Å². The van der Waals surface area contributed by atoms with E-state index in [2.05, 4.69) is 6.92 Å². The highest BCUT2D eigenvalue weighted by Gasteiger charge is 2.37. The quantitative estimate of drug-likeness (QED) is 0.489. The molecule has 2 amide bonds. The summed E-state index contributed by atoms with van der Waals surface area (Å²) in [6.07, 6.45) is 2.02. The maximum atomic E-state index is 11.3. The van der Waals surface area contributed by atoms with E-state index in [0.717, 1.165) is 13.0 Å². The minimum Gasteiger partial charge on any atom is -0.373 e. The molecule has 2 rings (SSSR count). The van der Waals surface area contributed by atoms with Crippen molar-refractivity contribution in [2.45, 2.75) is 32.3 Å². The summed E-state index contributed by atoms with van der Waals surface area (Å²) in [4.78, 5) is 24.1. The molecule has 0 spiro atoms. The molecule has 2 aliphatic heterocycles. The topological polar surface area (TPSA) is 49.9 Å². The summed E-state index contributed by atoms with van der Waals surface area (Å²) in [6, 6.07) is 0. The lowest BCUT2D eigenvalue weighted by atomic mass is 10.0. The summed E-state index contributed by atoms with van der Waals surface area (Å²) < 4.78 is 5.19. The van der Waals surface area contributed by atoms with Crippen LogP contribution < -0.4 is 0 Å². The van der Waals surface area contributed by atoms with Crippen molar-refractivity contribution in [1.29, 1.82) is 0 Å². The van der Waals surface area contributed by atoms with Gasteiger partial charge in [0.2, 0.25) is 11.8 Å². The Morgan fingerprint density at radius 2 is 2.00 bits per heavy atom. The van der Waals surface area contributed by atoms with Crippen molar-refractivity contribution in [3.05, 3.63) is 0 Å². The normalized spacial score (nSPS) is 28.4. The molecule has 0 aromatic heterocycles. The summed E-state index contributed by atoms with van der Waals surface area (Å²) in [5.41, 5.74) is 0. The van der Waals surface area contributed by atoms with Gasteiger partial charge in [0.05, 0.1) is 12.7 Å². The predicted octanol–water partition coefficient (Wildman–Crippen LogP) is 0.560. The van der Waals surface area contributed by atoms with E-state index in [1.54, 1.807) is 0 Å². The lowest BCUT2D eigenvalue weighted by molar-refractivity contribution is -0.139. The molecule has 0 bridgehead atoms. The number of likely N-dealkylation sites (tertiary alicyclic amines) is 1. The fourth-order valence-electron chi connectivity index (χ4n) is 1.90. The van der Waals surface area contributed by atoms with Crippen LogP contribution in [0.25, 0.3) is 0 Å². The van der Waals surface area contributed by atoms with E-state index >= 15 is 0 Å². The Bertz CT molecular complexity index is 244. The number of nitrogens with zero attached hydrogens (tertiary/aromatic N) is 1. The molecule has 4 heteroatoms. The number of hydrogen-bond acceptors (Lipinski definition) is 3. The van der Waals surface area contributed by atoms with Crippen molar-refractivity contribution in [1.82, 2.24) is 4.90 Å². The summed E-state index contributed by atoms with van der Waals surface area (Å²) in [7, 11) is 0. The number of hydrogen-bond donors (Lipinski definition) is 0. The van der Waals surface area contributed by atoms with Crippen LogP contribution in [0.4, 0.5) is 0 Å². The number of carbonyl (C=O) groups excluding carboxylic acids is 2. The molecule has 2 unspecified atom stereocenters. The van der Waals surface area contributed by atoms with Gasteiger partial charge < -0.3 is 4.74 Å². The van der Waals surface area contributed by atoms with Gasteiger partial charge in [-0.05, 0) is 6.42 Å². The average Bonchev–Trinajstić information content (AvgIpc) is 2.95. The van der Waals surface area contributed by atoms with Crippen LogP contribution in [0.15, 0.2) is 0 Å². The van der Waals surface area contributed by atoms with E-state index in [1.165, 1.54) is 4.90 Å². The fourth-order valence-corrected chi connectivity index (χ4v) is 1.90. The van der Waals surface area contributed by atoms with Crippen LogP contribution in [0.1, 0.15) is 26.2 Å². The highest BCUT2D eigenvalue weighted by atomic mass is 16.6. The molecule has 0 N–H and O–H groups in total. The number of amides is 2. The predicted molar refractivity (Wildman–Crippen MR) is 49.5 cm³/mol. The SMILES string of the molecule is CCC(CN1C(=O)CCC1=O)C1CO1. The van der Waals surface area contributed by atoms with Gasteiger partial charge in [-0.15, -0.1) is 0 Å². The molecule has 0 radical (unpaired) electrons. The highest BCUT2D eigenvalue weighted by molar-refractivity contribution is 6.01. The number of rotatable bonds is 4. The van der Waals surface area contributed by atoms with E-state index in [9.17, 15) is 9.59 Å². The van der Waals surface area contributed by atoms with Crippen molar-refractivity contribution in [3.8, 4) is 0 Å². The highest BCUT2D eigenvalue weighted by Crippen LogP contribution is 2.25. The van der Waals surface area contributed by atoms with Crippen LogP contribution >= 0.6 is 0 Å². The van der Waals surface area contributed by atoms with E-state index < -0.39 is 0 Å². The van der Waals surface area contributed by atoms with E-state index in [4.69, 9.17) is 4.74 Å². The van der Waals surface area contributed by atoms with Crippen LogP contribution in [0.3, 0.4) is 0 Å². The smallest absolute Gasteiger partial charge is 0.229 e. The Morgan fingerprint density at radius 3 is 2.43 bits per heavy atom. The standard InChI is InChI=1S/C10H15NO3/c1-2-7(8-6-14-8)5-11-9(12)3-4-10(11)13/h7-8H,2-6H2,1H3. The first-order valence-electron chi connectivity index (χ1n) is 5.17. The molecule has 0 aromatic carbocycles. The van der Waals surface area contributed by atoms with Crippen LogP contribution in [0.5, 0.6) is 0 Å². The molecule has 14 heavy (non-hydrogen) atoms. The Labute approximate surface area is 83.2 Å². The summed E-state index contributed by atoms with van der Waals surface area (Å²) >= 11 is 0. The molecule has 0 aliphatic carbocycles. The van der Waals surface area contributed by atoms with Gasteiger partial charge in [0, 0.05) is 25.3 Å². The lowest BCUT2D eigenvalue weighted by Crippen LogP contribution is -2.35. The third kappa shape index (κ3) is 1.80. The van der Waals surface area contributed by atoms with Gasteiger partial charge in [-0.25, -0.2) is 0 Å². The van der Waals surface area contributed by atoms with Gasteiger partial charge in [0.15, 0.2) is 0 Å². The van der Waals surface area contributed by atoms with Gasteiger partial charge >= 0.3 is 0 Å². The molecule has 2 saturated heterocycles. The lowest BCUT2D eigenvalue weighted by Gasteiger charge is -2.19. The van der Waals surface area contributed by atoms with Crippen molar-refractivity contribution in [2.75, 3.05) is 13.2 Å². The van der Waals surface area contributed by atoms with Crippen molar-refractivity contribution >= 4 is 11.8 Å². The summed E-state index contributed by atoms with van der Waals surface area (Å²) in [5, 5.41) is 0. The van der Waals surface area contributed by atoms with Gasteiger partial charge in [-0.1, -0.05) is 6.92 Å². The molecular formula is C10H15NO3. The second-order valence-corrected chi connectivity index (χ2v) is 3.94. The molecule has 2 aliphatic rings. The van der Waals surface area contributed by atoms with E-state index in [0.29, 0.717) is 25.3 Å². The molecule has 0 aromatic rings. The largest absolute Gasteiger partial charge is 0.373 e. The average molecular weight is 197 g/mol. The minimum absolute atomic E-state index is 0.0194. The molecule has 2 atom stereocenters. The maximum absolute atomic E-state index is 11.3. The Morgan fingerprint density at radius 1 is 1.43 bits per heavy atom. The fraction of sp³-hybridized carbons (Fsp3) is 0.800. The van der Waals surface area contributed by atoms with Gasteiger partial charge in [0.1, 0.15) is 0 Å². The number of ether oxygens (including phenoxy) is 1. The third-order valence-electron chi connectivity index (χ3n) is 2.98. The van der Waals surface area contributed by atoms with E-state index in [1.807, 2.05) is 0 Å². The summed E-state index contributed by atoms with van der Waals surface area (Å²) in [6.45, 7) is 3.41. The van der Waals surface area contributed by atoms with Crippen LogP contribution in [0, 0.1) is 5.92 Å². The van der Waals surface area contributed by atoms with Crippen molar-refractivity contribution < 1.29 is 14.3 Å². The van der Waals surface area contributed by atoms with Gasteiger partial charge in [-0.3, -0.25) is 14.5 Å².